The van der Waals surface area contributed by atoms with Crippen LogP contribution in [0.1, 0.15) is 21.7 Å². The molecule has 0 fully saturated rings. The lowest BCUT2D eigenvalue weighted by Gasteiger charge is -2.07. The summed E-state index contributed by atoms with van der Waals surface area (Å²) in [5.41, 5.74) is 0.528. The Bertz CT molecular complexity index is 519. The predicted molar refractivity (Wildman–Crippen MR) is 48.1 cm³/mol. The summed E-state index contributed by atoms with van der Waals surface area (Å²) in [5, 5.41) is 0. The highest BCUT2D eigenvalue weighted by Crippen LogP contribution is 2.18. The molecule has 14 heavy (non-hydrogen) atoms. The summed E-state index contributed by atoms with van der Waals surface area (Å²) in [4.78, 5) is 33.2. The van der Waals surface area contributed by atoms with E-state index in [1.165, 1.54) is 18.2 Å². The highest BCUT2D eigenvalue weighted by Gasteiger charge is 2.25. The van der Waals surface area contributed by atoms with Crippen molar-refractivity contribution in [1.29, 1.82) is 0 Å². The molecule has 4 heteroatoms. The van der Waals surface area contributed by atoms with Gasteiger partial charge in [0.15, 0.2) is 5.76 Å². The number of aryl methyl sites for hydroxylation is 1. The van der Waals surface area contributed by atoms with Crippen LogP contribution in [0.3, 0.4) is 0 Å². The van der Waals surface area contributed by atoms with Crippen LogP contribution in [0.2, 0.25) is 0 Å². The molecular formula is C10H6O4. The van der Waals surface area contributed by atoms with E-state index in [0.717, 1.165) is 0 Å². The van der Waals surface area contributed by atoms with Gasteiger partial charge in [0.05, 0.1) is 0 Å². The molecule has 4 nitrogen and oxygen atoms in total. The molecule has 0 spiro atoms. The van der Waals surface area contributed by atoms with Crippen LogP contribution in [0.25, 0.3) is 6.08 Å². The zero-order chi connectivity index (χ0) is 10.3. The third-order valence-electron chi connectivity index (χ3n) is 2.04. The van der Waals surface area contributed by atoms with E-state index < -0.39 is 17.2 Å². The molecule has 70 valence electrons. The largest absolute Gasteiger partial charge is 0.418 e. The lowest BCUT2D eigenvalue weighted by molar-refractivity contribution is -0.111. The van der Waals surface area contributed by atoms with Crippen LogP contribution in [0.15, 0.2) is 21.4 Å². The fourth-order valence-electron chi connectivity index (χ4n) is 1.34. The predicted octanol–water partition coefficient (Wildman–Crippen LogP) is 0.727. The van der Waals surface area contributed by atoms with Crippen molar-refractivity contribution < 1.29 is 14.0 Å². The minimum absolute atomic E-state index is 0.150. The van der Waals surface area contributed by atoms with Crippen LogP contribution >= 0.6 is 0 Å². The lowest BCUT2D eigenvalue weighted by atomic mass is 9.99. The van der Waals surface area contributed by atoms with Gasteiger partial charge in [0, 0.05) is 11.6 Å². The summed E-state index contributed by atoms with van der Waals surface area (Å²) in [5.74, 6) is -1.57. The number of Topliss-reactive ketones (excluding diaryl/α,β-unsaturated/α-hetero) is 1. The molecular weight excluding hydrogens is 184 g/mol. The maximum absolute atomic E-state index is 11.3. The van der Waals surface area contributed by atoms with Gasteiger partial charge in [-0.3, -0.25) is 9.59 Å². The Hall–Kier alpha value is -1.97. The Kier molecular flexibility index (Phi) is 1.70. The monoisotopic (exact) mass is 190 g/mol. The first-order valence-corrected chi connectivity index (χ1v) is 4.01. The molecule has 1 aliphatic carbocycles. The summed E-state index contributed by atoms with van der Waals surface area (Å²) < 4.78 is 4.69. The molecule has 1 aromatic heterocycles. The van der Waals surface area contributed by atoms with Crippen LogP contribution in [0.5, 0.6) is 0 Å². The summed E-state index contributed by atoms with van der Waals surface area (Å²) in [7, 11) is 0. The Balaban J connectivity index is 2.81. The molecule has 1 aliphatic rings. The third-order valence-corrected chi connectivity index (χ3v) is 2.04. The molecule has 0 radical (unpaired) electrons. The Labute approximate surface area is 78.9 Å². The fourth-order valence-corrected chi connectivity index (χ4v) is 1.34. The SMILES string of the molecule is Cc1cc(=O)oc2c1C=CC(=O)C2=O. The van der Waals surface area contributed by atoms with Gasteiger partial charge in [-0.2, -0.15) is 0 Å². The summed E-state index contributed by atoms with van der Waals surface area (Å²) in [6.07, 6.45) is 2.66. The van der Waals surface area contributed by atoms with Crippen LogP contribution in [-0.2, 0) is 4.79 Å². The van der Waals surface area contributed by atoms with Gasteiger partial charge in [0.2, 0.25) is 5.78 Å². The van der Waals surface area contributed by atoms with E-state index in [4.69, 9.17) is 0 Å². The molecule has 0 N–H and O–H groups in total. The zero-order valence-electron chi connectivity index (χ0n) is 7.37. The molecule has 1 heterocycles. The van der Waals surface area contributed by atoms with E-state index in [-0.39, 0.29) is 5.76 Å². The van der Waals surface area contributed by atoms with E-state index >= 15 is 0 Å². The van der Waals surface area contributed by atoms with Crippen molar-refractivity contribution in [1.82, 2.24) is 0 Å². The smallest absolute Gasteiger partial charge is 0.336 e. The van der Waals surface area contributed by atoms with Crippen LogP contribution < -0.4 is 5.63 Å². The maximum Gasteiger partial charge on any atom is 0.336 e. The van der Waals surface area contributed by atoms with Gasteiger partial charge in [-0.1, -0.05) is 0 Å². The van der Waals surface area contributed by atoms with Crippen molar-refractivity contribution in [3.63, 3.8) is 0 Å². The van der Waals surface area contributed by atoms with Gasteiger partial charge < -0.3 is 4.42 Å². The summed E-state index contributed by atoms with van der Waals surface area (Å²) >= 11 is 0. The minimum Gasteiger partial charge on any atom is -0.418 e. The topological polar surface area (TPSA) is 64.3 Å². The molecule has 0 unspecified atom stereocenters. The molecule has 2 rings (SSSR count). The molecule has 0 saturated carbocycles. The first-order valence-electron chi connectivity index (χ1n) is 4.01. The Morgan fingerprint density at radius 3 is 2.57 bits per heavy atom. The third kappa shape index (κ3) is 1.12. The molecule has 0 bridgehead atoms. The number of fused-ring (bicyclic) bond motifs is 1. The summed E-state index contributed by atoms with van der Waals surface area (Å²) in [6, 6.07) is 1.28. The van der Waals surface area contributed by atoms with Crippen molar-refractivity contribution in [2.45, 2.75) is 6.92 Å². The maximum atomic E-state index is 11.3. The number of rotatable bonds is 0. The molecule has 0 saturated heterocycles. The molecule has 0 aromatic carbocycles. The Morgan fingerprint density at radius 2 is 1.86 bits per heavy atom. The number of hydrogen-bond donors (Lipinski definition) is 0. The quantitative estimate of drug-likeness (QED) is 0.565. The number of ketones is 2. The van der Waals surface area contributed by atoms with Crippen LogP contribution in [-0.4, -0.2) is 11.6 Å². The van der Waals surface area contributed by atoms with Gasteiger partial charge in [0.1, 0.15) is 0 Å². The first kappa shape index (κ1) is 8.62. The van der Waals surface area contributed by atoms with Gasteiger partial charge in [-0.15, -0.1) is 0 Å². The molecule has 0 amide bonds. The highest BCUT2D eigenvalue weighted by atomic mass is 16.4. The number of hydrogen-bond acceptors (Lipinski definition) is 4. The number of carbonyl (C=O) groups is 2. The number of allylic oxidation sites excluding steroid dienone is 1. The van der Waals surface area contributed by atoms with E-state index in [2.05, 4.69) is 4.42 Å². The minimum atomic E-state index is -0.761. The van der Waals surface area contributed by atoms with E-state index in [1.807, 2.05) is 0 Å². The lowest BCUT2D eigenvalue weighted by Crippen LogP contribution is -2.19. The standard InChI is InChI=1S/C10H6O4/c1-5-4-8(12)14-10-6(5)2-3-7(11)9(10)13/h2-4H,1H3. The average molecular weight is 190 g/mol. The molecule has 0 atom stereocenters. The van der Waals surface area contributed by atoms with Crippen molar-refractivity contribution in [3.05, 3.63) is 39.4 Å². The van der Waals surface area contributed by atoms with Crippen molar-refractivity contribution in [3.8, 4) is 0 Å². The van der Waals surface area contributed by atoms with E-state index in [9.17, 15) is 14.4 Å². The first-order chi connectivity index (χ1) is 6.59. The average Bonchev–Trinajstić information content (AvgIpc) is 2.12. The summed E-state index contributed by atoms with van der Waals surface area (Å²) in [6.45, 7) is 1.68. The second-order valence-corrected chi connectivity index (χ2v) is 3.02. The molecule has 0 aliphatic heterocycles. The van der Waals surface area contributed by atoms with Gasteiger partial charge >= 0.3 is 5.63 Å². The normalized spacial score (nSPS) is 14.4. The van der Waals surface area contributed by atoms with E-state index in [0.29, 0.717) is 11.1 Å². The number of carbonyl (C=O) groups excluding carboxylic acids is 2. The molecule has 1 aromatic rings. The van der Waals surface area contributed by atoms with Gasteiger partial charge in [-0.05, 0) is 24.6 Å². The Morgan fingerprint density at radius 1 is 1.14 bits per heavy atom. The highest BCUT2D eigenvalue weighted by molar-refractivity contribution is 6.49. The van der Waals surface area contributed by atoms with Crippen LogP contribution in [0.4, 0.5) is 0 Å². The van der Waals surface area contributed by atoms with Crippen LogP contribution in [0, 0.1) is 6.92 Å². The van der Waals surface area contributed by atoms with Gasteiger partial charge in [0.25, 0.3) is 5.78 Å². The van der Waals surface area contributed by atoms with Crippen molar-refractivity contribution in [2.24, 2.45) is 0 Å². The fraction of sp³-hybridized carbons (Fsp3) is 0.100. The van der Waals surface area contributed by atoms with Crippen molar-refractivity contribution >= 4 is 17.6 Å². The van der Waals surface area contributed by atoms with Crippen molar-refractivity contribution in [2.75, 3.05) is 0 Å². The van der Waals surface area contributed by atoms with Gasteiger partial charge in [-0.25, -0.2) is 4.79 Å². The van der Waals surface area contributed by atoms with E-state index in [1.54, 1.807) is 6.92 Å². The zero-order valence-corrected chi connectivity index (χ0v) is 7.37. The second-order valence-electron chi connectivity index (χ2n) is 3.02. The second kappa shape index (κ2) is 2.77.